The summed E-state index contributed by atoms with van der Waals surface area (Å²) in [7, 11) is 0. The maximum absolute atomic E-state index is 11.4. The summed E-state index contributed by atoms with van der Waals surface area (Å²) in [6.07, 6.45) is 1.51. The van der Waals surface area contributed by atoms with E-state index in [1.165, 1.54) is 6.08 Å². The minimum Gasteiger partial charge on any atom is -0.544 e. The van der Waals surface area contributed by atoms with Crippen LogP contribution in [0.1, 0.15) is 11.1 Å². The molecule has 0 saturated heterocycles. The first-order valence-electron chi connectivity index (χ1n) is 7.28. The molecular formula is C18H12ClN2O3S-. The van der Waals surface area contributed by atoms with E-state index in [1.807, 2.05) is 31.2 Å². The van der Waals surface area contributed by atoms with Crippen LogP contribution >= 0.6 is 23.4 Å². The highest BCUT2D eigenvalue weighted by Gasteiger charge is 2.12. The van der Waals surface area contributed by atoms with Crippen molar-refractivity contribution in [3.05, 3.63) is 69.6 Å². The van der Waals surface area contributed by atoms with E-state index in [1.54, 1.807) is 24.3 Å². The average molecular weight is 372 g/mol. The predicted molar refractivity (Wildman–Crippen MR) is 94.8 cm³/mol. The third-order valence-corrected chi connectivity index (χ3v) is 4.37. The zero-order valence-electron chi connectivity index (χ0n) is 13.1. The fourth-order valence-corrected chi connectivity index (χ4v) is 2.79. The maximum Gasteiger partial charge on any atom is 0.281 e. The molecular weight excluding hydrogens is 360 g/mol. The van der Waals surface area contributed by atoms with E-state index in [4.69, 9.17) is 16.0 Å². The van der Waals surface area contributed by atoms with E-state index >= 15 is 0 Å². The van der Waals surface area contributed by atoms with Crippen LogP contribution in [0.5, 0.6) is 0 Å². The van der Waals surface area contributed by atoms with Gasteiger partial charge in [0.25, 0.3) is 5.22 Å². The highest BCUT2D eigenvalue weighted by atomic mass is 35.5. The monoisotopic (exact) mass is 371 g/mol. The second-order valence-electron chi connectivity index (χ2n) is 5.19. The van der Waals surface area contributed by atoms with Crippen LogP contribution in [0.2, 0.25) is 5.02 Å². The van der Waals surface area contributed by atoms with Gasteiger partial charge in [0.05, 0.1) is 5.97 Å². The van der Waals surface area contributed by atoms with Crippen molar-refractivity contribution < 1.29 is 14.3 Å². The number of aromatic nitrogens is 2. The number of aryl methyl sites for hydroxylation is 1. The zero-order valence-corrected chi connectivity index (χ0v) is 14.7. The van der Waals surface area contributed by atoms with Gasteiger partial charge in [0.1, 0.15) is 0 Å². The van der Waals surface area contributed by atoms with Crippen molar-refractivity contribution in [2.75, 3.05) is 0 Å². The molecule has 3 aromatic rings. The Morgan fingerprint density at radius 1 is 1.12 bits per heavy atom. The molecule has 0 spiro atoms. The van der Waals surface area contributed by atoms with E-state index in [-0.39, 0.29) is 16.0 Å². The first-order chi connectivity index (χ1) is 12.0. The molecule has 0 N–H and O–H groups in total. The molecule has 126 valence electrons. The molecule has 0 aliphatic heterocycles. The summed E-state index contributed by atoms with van der Waals surface area (Å²) >= 11 is 6.69. The molecule has 1 aromatic heterocycles. The maximum atomic E-state index is 11.4. The molecule has 5 nitrogen and oxygen atoms in total. The first kappa shape index (κ1) is 17.3. The lowest BCUT2D eigenvalue weighted by atomic mass is 10.1. The second kappa shape index (κ2) is 7.55. The van der Waals surface area contributed by atoms with Crippen LogP contribution in [0.4, 0.5) is 0 Å². The molecule has 0 bridgehead atoms. The molecule has 3 rings (SSSR count). The summed E-state index contributed by atoms with van der Waals surface area (Å²) < 4.78 is 5.51. The quantitative estimate of drug-likeness (QED) is 0.503. The molecule has 2 aromatic carbocycles. The Kier molecular flexibility index (Phi) is 5.21. The van der Waals surface area contributed by atoms with E-state index < -0.39 is 5.97 Å². The molecule has 1 heterocycles. The van der Waals surface area contributed by atoms with Crippen molar-refractivity contribution in [2.24, 2.45) is 0 Å². The third kappa shape index (κ3) is 4.49. The summed E-state index contributed by atoms with van der Waals surface area (Å²) in [5.74, 6) is -1.02. The van der Waals surface area contributed by atoms with Gasteiger partial charge in [-0.2, -0.15) is 0 Å². The highest BCUT2D eigenvalue weighted by molar-refractivity contribution is 8.03. The normalized spacial score (nSPS) is 11.5. The van der Waals surface area contributed by atoms with Crippen LogP contribution in [0.3, 0.4) is 0 Å². The molecule has 0 unspecified atom stereocenters. The van der Waals surface area contributed by atoms with Crippen LogP contribution in [-0.2, 0) is 4.79 Å². The van der Waals surface area contributed by atoms with Gasteiger partial charge >= 0.3 is 0 Å². The number of halogens is 1. The van der Waals surface area contributed by atoms with E-state index in [9.17, 15) is 9.90 Å². The number of aliphatic carboxylic acids is 1. The number of carboxylic acid groups (broad SMARTS) is 1. The topological polar surface area (TPSA) is 79.0 Å². The summed E-state index contributed by atoms with van der Waals surface area (Å²) in [6, 6.07) is 14.3. The smallest absolute Gasteiger partial charge is 0.281 e. The second-order valence-corrected chi connectivity index (χ2v) is 6.62. The van der Waals surface area contributed by atoms with E-state index in [0.29, 0.717) is 10.6 Å². The Morgan fingerprint density at radius 2 is 1.80 bits per heavy atom. The summed E-state index contributed by atoms with van der Waals surface area (Å²) in [5, 5.41) is 19.9. The predicted octanol–water partition coefficient (Wildman–Crippen LogP) is 3.58. The van der Waals surface area contributed by atoms with Gasteiger partial charge in [-0.05, 0) is 54.6 Å². The standard InChI is InChI=1S/C18H13ClN2O3S/c1-11-2-4-12(5-3-11)10-15(17(22)23)25-18-21-20-16(24-18)13-6-8-14(19)9-7-13/h2-10H,1H3,(H,22,23)/p-1/b15-10-. The van der Waals surface area contributed by atoms with E-state index in [2.05, 4.69) is 10.2 Å². The Morgan fingerprint density at radius 3 is 2.44 bits per heavy atom. The number of rotatable bonds is 5. The fraction of sp³-hybridized carbons (Fsp3) is 0.0556. The average Bonchev–Trinajstić information content (AvgIpc) is 3.05. The molecule has 0 saturated carbocycles. The van der Waals surface area contributed by atoms with Crippen LogP contribution in [0.25, 0.3) is 17.5 Å². The van der Waals surface area contributed by atoms with E-state index in [0.717, 1.165) is 22.9 Å². The van der Waals surface area contributed by atoms with Crippen molar-refractivity contribution in [2.45, 2.75) is 12.1 Å². The Bertz CT molecular complexity index is 918. The molecule has 0 aliphatic rings. The lowest BCUT2D eigenvalue weighted by Gasteiger charge is -2.05. The molecule has 0 atom stereocenters. The highest BCUT2D eigenvalue weighted by Crippen LogP contribution is 2.29. The summed E-state index contributed by atoms with van der Waals surface area (Å²) in [4.78, 5) is 11.4. The molecule has 0 fully saturated rings. The first-order valence-corrected chi connectivity index (χ1v) is 8.48. The van der Waals surface area contributed by atoms with Crippen molar-refractivity contribution in [1.29, 1.82) is 0 Å². The largest absolute Gasteiger partial charge is 0.544 e. The molecule has 25 heavy (non-hydrogen) atoms. The minimum absolute atomic E-state index is 0.0184. The van der Waals surface area contributed by atoms with Gasteiger partial charge in [0.2, 0.25) is 5.89 Å². The lowest BCUT2D eigenvalue weighted by molar-refractivity contribution is -0.298. The molecule has 0 amide bonds. The van der Waals surface area contributed by atoms with Gasteiger partial charge in [-0.1, -0.05) is 41.4 Å². The number of carbonyl (C=O) groups is 1. The Labute approximate surface area is 153 Å². The Balaban J connectivity index is 1.82. The number of hydrogen-bond acceptors (Lipinski definition) is 6. The molecule has 7 heteroatoms. The summed E-state index contributed by atoms with van der Waals surface area (Å²) in [6.45, 7) is 1.96. The number of nitrogens with zero attached hydrogens (tertiary/aromatic N) is 2. The van der Waals surface area contributed by atoms with Crippen LogP contribution in [0.15, 0.2) is 63.1 Å². The van der Waals surface area contributed by atoms with Crippen LogP contribution < -0.4 is 5.11 Å². The number of thioether (sulfide) groups is 1. The molecule has 0 aliphatic carbocycles. The third-order valence-electron chi connectivity index (χ3n) is 3.27. The lowest BCUT2D eigenvalue weighted by Crippen LogP contribution is -2.23. The van der Waals surface area contributed by atoms with Gasteiger partial charge in [0, 0.05) is 15.5 Å². The van der Waals surface area contributed by atoms with Crippen LogP contribution in [0, 0.1) is 6.92 Å². The van der Waals surface area contributed by atoms with Crippen molar-refractivity contribution in [3.63, 3.8) is 0 Å². The SMILES string of the molecule is Cc1ccc(/C=C(\Sc2nnc(-c3ccc(Cl)cc3)o2)C(=O)[O-])cc1. The Hall–Kier alpha value is -2.57. The van der Waals surface area contributed by atoms with Gasteiger partial charge in [0.15, 0.2) is 0 Å². The number of benzene rings is 2. The fourth-order valence-electron chi connectivity index (χ4n) is 2.00. The van der Waals surface area contributed by atoms with Crippen LogP contribution in [-0.4, -0.2) is 16.2 Å². The van der Waals surface area contributed by atoms with Gasteiger partial charge in [-0.3, -0.25) is 0 Å². The molecule has 0 radical (unpaired) electrons. The van der Waals surface area contributed by atoms with Crippen molar-refractivity contribution in [1.82, 2.24) is 10.2 Å². The van der Waals surface area contributed by atoms with Crippen molar-refractivity contribution in [3.8, 4) is 11.5 Å². The number of carboxylic acids is 1. The number of carbonyl (C=O) groups excluding carboxylic acids is 1. The van der Waals surface area contributed by atoms with Gasteiger partial charge < -0.3 is 14.3 Å². The zero-order chi connectivity index (χ0) is 17.8. The number of hydrogen-bond donors (Lipinski definition) is 0. The van der Waals surface area contributed by atoms with Crippen molar-refractivity contribution >= 4 is 35.4 Å². The van der Waals surface area contributed by atoms with Gasteiger partial charge in [-0.15, -0.1) is 10.2 Å². The van der Waals surface area contributed by atoms with Gasteiger partial charge in [-0.25, -0.2) is 0 Å². The minimum atomic E-state index is -1.31. The summed E-state index contributed by atoms with van der Waals surface area (Å²) in [5.41, 5.74) is 2.53.